The third-order valence-electron chi connectivity index (χ3n) is 2.66. The van der Waals surface area contributed by atoms with Gasteiger partial charge >= 0.3 is 0 Å². The van der Waals surface area contributed by atoms with Gasteiger partial charge in [0.05, 0.1) is 12.7 Å². The Morgan fingerprint density at radius 1 is 1.24 bits per heavy atom. The highest BCUT2D eigenvalue weighted by atomic mass is 16.5. The standard InChI is InChI=1S/C15H18N4O2/c1-10(2)18-14(20)11-8-16-15(17-9-11)19-12-5-4-6-13(7-12)21-3/h4-10H,1-3H3,(H,18,20)(H,16,17,19). The highest BCUT2D eigenvalue weighted by Gasteiger charge is 2.08. The quantitative estimate of drug-likeness (QED) is 0.882. The number of methoxy groups -OCH3 is 1. The van der Waals surface area contributed by atoms with Crippen LogP contribution in [-0.4, -0.2) is 29.0 Å². The van der Waals surface area contributed by atoms with Crippen LogP contribution in [0, 0.1) is 0 Å². The van der Waals surface area contributed by atoms with Crippen molar-refractivity contribution in [2.24, 2.45) is 0 Å². The highest BCUT2D eigenvalue weighted by Crippen LogP contribution is 2.19. The van der Waals surface area contributed by atoms with Gasteiger partial charge in [-0.25, -0.2) is 9.97 Å². The Hall–Kier alpha value is -2.63. The van der Waals surface area contributed by atoms with Crippen molar-refractivity contribution in [1.29, 1.82) is 0 Å². The van der Waals surface area contributed by atoms with Gasteiger partial charge in [-0.1, -0.05) is 6.07 Å². The molecule has 0 aliphatic rings. The molecule has 1 aromatic heterocycles. The summed E-state index contributed by atoms with van der Waals surface area (Å²) in [5.41, 5.74) is 1.24. The second-order valence-corrected chi connectivity index (χ2v) is 4.78. The molecule has 2 rings (SSSR count). The molecule has 0 saturated carbocycles. The SMILES string of the molecule is COc1cccc(Nc2ncc(C(=O)NC(C)C)cn2)c1. The van der Waals surface area contributed by atoms with Crippen LogP contribution in [0.15, 0.2) is 36.7 Å². The molecule has 0 spiro atoms. The van der Waals surface area contributed by atoms with E-state index in [0.29, 0.717) is 11.5 Å². The average Bonchev–Trinajstić information content (AvgIpc) is 2.47. The normalized spacial score (nSPS) is 10.3. The van der Waals surface area contributed by atoms with Gasteiger partial charge in [0.25, 0.3) is 5.91 Å². The number of anilines is 2. The van der Waals surface area contributed by atoms with Gasteiger partial charge in [0.15, 0.2) is 0 Å². The topological polar surface area (TPSA) is 76.1 Å². The predicted molar refractivity (Wildman–Crippen MR) is 80.9 cm³/mol. The first-order valence-electron chi connectivity index (χ1n) is 6.62. The first-order chi connectivity index (χ1) is 10.1. The molecule has 21 heavy (non-hydrogen) atoms. The lowest BCUT2D eigenvalue weighted by Gasteiger charge is -2.09. The smallest absolute Gasteiger partial charge is 0.254 e. The summed E-state index contributed by atoms with van der Waals surface area (Å²) in [5.74, 6) is 0.982. The molecule has 0 unspecified atom stereocenters. The van der Waals surface area contributed by atoms with Crippen LogP contribution in [0.1, 0.15) is 24.2 Å². The molecule has 0 atom stereocenters. The Kier molecular flexibility index (Phi) is 4.71. The van der Waals surface area contributed by atoms with Crippen molar-refractivity contribution in [3.8, 4) is 5.75 Å². The monoisotopic (exact) mass is 286 g/mol. The molecule has 6 nitrogen and oxygen atoms in total. The molecule has 0 aliphatic heterocycles. The Morgan fingerprint density at radius 3 is 2.57 bits per heavy atom. The Bertz CT molecular complexity index is 611. The summed E-state index contributed by atoms with van der Waals surface area (Å²) in [5, 5.41) is 5.84. The van der Waals surface area contributed by atoms with E-state index in [9.17, 15) is 4.79 Å². The van der Waals surface area contributed by atoms with Gasteiger partial charge in [0, 0.05) is 30.2 Å². The Morgan fingerprint density at radius 2 is 1.95 bits per heavy atom. The molecule has 0 saturated heterocycles. The third kappa shape index (κ3) is 4.17. The van der Waals surface area contributed by atoms with Gasteiger partial charge < -0.3 is 15.4 Å². The maximum absolute atomic E-state index is 11.8. The number of nitrogens with one attached hydrogen (secondary N) is 2. The summed E-state index contributed by atoms with van der Waals surface area (Å²) in [4.78, 5) is 20.0. The third-order valence-corrected chi connectivity index (χ3v) is 2.66. The summed E-state index contributed by atoms with van der Waals surface area (Å²) in [6, 6.07) is 7.51. The van der Waals surface area contributed by atoms with Crippen LogP contribution < -0.4 is 15.4 Å². The molecule has 0 radical (unpaired) electrons. The number of hydrogen-bond donors (Lipinski definition) is 2. The van der Waals surface area contributed by atoms with Crippen LogP contribution in [0.4, 0.5) is 11.6 Å². The number of amides is 1. The fraction of sp³-hybridized carbons (Fsp3) is 0.267. The summed E-state index contributed by atoms with van der Waals surface area (Å²) >= 11 is 0. The van der Waals surface area contributed by atoms with E-state index in [2.05, 4.69) is 20.6 Å². The van der Waals surface area contributed by atoms with Gasteiger partial charge in [0.1, 0.15) is 5.75 Å². The van der Waals surface area contributed by atoms with Crippen molar-refractivity contribution < 1.29 is 9.53 Å². The molecule has 2 N–H and O–H groups in total. The largest absolute Gasteiger partial charge is 0.497 e. The van der Waals surface area contributed by atoms with Gasteiger partial charge in [-0.3, -0.25) is 4.79 Å². The molecule has 1 amide bonds. The van der Waals surface area contributed by atoms with Gasteiger partial charge in [0.2, 0.25) is 5.95 Å². The van der Waals surface area contributed by atoms with E-state index in [1.54, 1.807) is 7.11 Å². The number of ether oxygens (including phenoxy) is 1. The maximum atomic E-state index is 11.8. The van der Waals surface area contributed by atoms with Crippen molar-refractivity contribution >= 4 is 17.5 Å². The molecule has 0 fully saturated rings. The molecular weight excluding hydrogens is 268 g/mol. The lowest BCUT2D eigenvalue weighted by atomic mass is 10.3. The van der Waals surface area contributed by atoms with Gasteiger partial charge in [-0.05, 0) is 26.0 Å². The zero-order valence-corrected chi connectivity index (χ0v) is 12.3. The summed E-state index contributed by atoms with van der Waals surface area (Å²) in [7, 11) is 1.61. The van der Waals surface area contributed by atoms with Crippen LogP contribution in [-0.2, 0) is 0 Å². The van der Waals surface area contributed by atoms with Crippen molar-refractivity contribution in [1.82, 2.24) is 15.3 Å². The van der Waals surface area contributed by atoms with E-state index in [0.717, 1.165) is 11.4 Å². The molecule has 110 valence electrons. The second kappa shape index (κ2) is 6.69. The van der Waals surface area contributed by atoms with Gasteiger partial charge in [-0.15, -0.1) is 0 Å². The molecular formula is C15H18N4O2. The minimum atomic E-state index is -0.182. The van der Waals surface area contributed by atoms with Crippen molar-refractivity contribution in [2.75, 3.05) is 12.4 Å². The lowest BCUT2D eigenvalue weighted by molar-refractivity contribution is 0.0942. The zero-order valence-electron chi connectivity index (χ0n) is 12.3. The van der Waals surface area contributed by atoms with E-state index in [1.165, 1.54) is 12.4 Å². The molecule has 0 bridgehead atoms. The average molecular weight is 286 g/mol. The van der Waals surface area contributed by atoms with E-state index in [4.69, 9.17) is 4.74 Å². The molecule has 2 aromatic rings. The van der Waals surface area contributed by atoms with E-state index in [-0.39, 0.29) is 11.9 Å². The van der Waals surface area contributed by atoms with Crippen LogP contribution in [0.2, 0.25) is 0 Å². The lowest BCUT2D eigenvalue weighted by Crippen LogP contribution is -2.30. The van der Waals surface area contributed by atoms with Gasteiger partial charge in [-0.2, -0.15) is 0 Å². The number of carbonyl (C=O) groups is 1. The molecule has 1 aromatic carbocycles. The summed E-state index contributed by atoms with van der Waals surface area (Å²) in [6.45, 7) is 3.80. The Balaban J connectivity index is 2.06. The maximum Gasteiger partial charge on any atom is 0.254 e. The molecule has 1 heterocycles. The van der Waals surface area contributed by atoms with Crippen molar-refractivity contribution in [3.63, 3.8) is 0 Å². The minimum Gasteiger partial charge on any atom is -0.497 e. The number of benzene rings is 1. The molecule has 0 aliphatic carbocycles. The number of nitrogens with zero attached hydrogens (tertiary/aromatic N) is 2. The summed E-state index contributed by atoms with van der Waals surface area (Å²) < 4.78 is 5.15. The second-order valence-electron chi connectivity index (χ2n) is 4.78. The number of rotatable bonds is 5. The first kappa shape index (κ1) is 14.8. The fourth-order valence-corrected chi connectivity index (χ4v) is 1.69. The summed E-state index contributed by atoms with van der Waals surface area (Å²) in [6.07, 6.45) is 2.99. The fourth-order valence-electron chi connectivity index (χ4n) is 1.69. The Labute approximate surface area is 123 Å². The minimum absolute atomic E-state index is 0.0760. The van der Waals surface area contributed by atoms with Crippen LogP contribution in [0.3, 0.4) is 0 Å². The predicted octanol–water partition coefficient (Wildman–Crippen LogP) is 2.37. The van der Waals surface area contributed by atoms with E-state index >= 15 is 0 Å². The number of hydrogen-bond acceptors (Lipinski definition) is 5. The zero-order chi connectivity index (χ0) is 15.2. The first-order valence-corrected chi connectivity index (χ1v) is 6.62. The number of aromatic nitrogens is 2. The van der Waals surface area contributed by atoms with Crippen LogP contribution in [0.25, 0.3) is 0 Å². The van der Waals surface area contributed by atoms with E-state index < -0.39 is 0 Å². The van der Waals surface area contributed by atoms with Crippen LogP contribution >= 0.6 is 0 Å². The highest BCUT2D eigenvalue weighted by molar-refractivity contribution is 5.93. The van der Waals surface area contributed by atoms with Crippen molar-refractivity contribution in [2.45, 2.75) is 19.9 Å². The van der Waals surface area contributed by atoms with Crippen LogP contribution in [0.5, 0.6) is 5.75 Å². The number of carbonyl (C=O) groups excluding carboxylic acids is 1. The molecule has 6 heteroatoms. The van der Waals surface area contributed by atoms with E-state index in [1.807, 2.05) is 38.1 Å². The van der Waals surface area contributed by atoms with Crippen molar-refractivity contribution in [3.05, 3.63) is 42.2 Å².